The highest BCUT2D eigenvalue weighted by molar-refractivity contribution is 5.96. The second-order valence-corrected chi connectivity index (χ2v) is 10.1. The maximum atomic E-state index is 13.3. The normalized spacial score (nSPS) is 20.9. The van der Waals surface area contributed by atoms with Crippen molar-refractivity contribution in [2.24, 2.45) is 10.4 Å². The molecule has 190 valence electrons. The van der Waals surface area contributed by atoms with E-state index in [1.165, 1.54) is 4.90 Å². The van der Waals surface area contributed by atoms with Gasteiger partial charge in [-0.15, -0.1) is 0 Å². The van der Waals surface area contributed by atoms with E-state index in [0.29, 0.717) is 52.5 Å². The van der Waals surface area contributed by atoms with Gasteiger partial charge < -0.3 is 19.1 Å². The van der Waals surface area contributed by atoms with E-state index in [0.717, 1.165) is 25.9 Å². The molecule has 0 bridgehead atoms. The standard InChI is InChI=1S/C23H38N6O5/c1-23(2,3)16-19(20(30)29(17-24)18-4-5-18)25-21(28-9-13-33-14-10-28)26-22(31)34-15-8-27-6-11-32-12-7-27/h18-19H,4-16H2,1-3H3,(H,25,26,31). The molecule has 1 saturated carbocycles. The van der Waals surface area contributed by atoms with Gasteiger partial charge in [0.15, 0.2) is 6.19 Å². The van der Waals surface area contributed by atoms with Gasteiger partial charge in [-0.2, -0.15) is 5.26 Å². The maximum Gasteiger partial charge on any atom is 0.414 e. The first-order chi connectivity index (χ1) is 16.3. The Bertz CT molecular complexity index is 761. The average molecular weight is 479 g/mol. The summed E-state index contributed by atoms with van der Waals surface area (Å²) in [5.74, 6) is -0.0378. The third-order valence-corrected chi connectivity index (χ3v) is 5.89. The van der Waals surface area contributed by atoms with E-state index in [-0.39, 0.29) is 29.9 Å². The Morgan fingerprint density at radius 2 is 1.76 bits per heavy atom. The number of nitrogens with one attached hydrogen (secondary N) is 1. The fourth-order valence-corrected chi connectivity index (χ4v) is 3.91. The van der Waals surface area contributed by atoms with Gasteiger partial charge in [-0.3, -0.25) is 15.0 Å². The number of amides is 2. The van der Waals surface area contributed by atoms with Crippen molar-refractivity contribution in [2.45, 2.75) is 52.1 Å². The van der Waals surface area contributed by atoms with E-state index in [1.54, 1.807) is 0 Å². The summed E-state index contributed by atoms with van der Waals surface area (Å²) in [4.78, 5) is 35.9. The number of carbonyl (C=O) groups excluding carboxylic acids is 2. The third kappa shape index (κ3) is 8.42. The zero-order valence-electron chi connectivity index (χ0n) is 20.6. The van der Waals surface area contributed by atoms with Gasteiger partial charge in [-0.05, 0) is 24.7 Å². The fraction of sp³-hybridized carbons (Fsp3) is 0.826. The number of nitriles is 1. The van der Waals surface area contributed by atoms with Gasteiger partial charge in [0.1, 0.15) is 12.6 Å². The first-order valence-corrected chi connectivity index (χ1v) is 12.1. The van der Waals surface area contributed by atoms with E-state index in [4.69, 9.17) is 19.2 Å². The number of guanidine groups is 1. The Hall–Kier alpha value is -2.42. The zero-order valence-corrected chi connectivity index (χ0v) is 20.6. The summed E-state index contributed by atoms with van der Waals surface area (Å²) in [7, 11) is 0. The number of rotatable bonds is 7. The smallest absolute Gasteiger partial charge is 0.414 e. The minimum absolute atomic E-state index is 0.0416. The second kappa shape index (κ2) is 12.3. The number of hydrogen-bond donors (Lipinski definition) is 1. The lowest BCUT2D eigenvalue weighted by atomic mass is 9.88. The lowest BCUT2D eigenvalue weighted by Gasteiger charge is -2.32. The molecule has 1 aliphatic carbocycles. The predicted molar refractivity (Wildman–Crippen MR) is 125 cm³/mol. The minimum Gasteiger partial charge on any atom is -0.448 e. The van der Waals surface area contributed by atoms with Gasteiger partial charge in [0.05, 0.1) is 26.4 Å². The van der Waals surface area contributed by atoms with Crippen molar-refractivity contribution in [2.75, 3.05) is 65.8 Å². The molecule has 2 heterocycles. The lowest BCUT2D eigenvalue weighted by molar-refractivity contribution is -0.130. The van der Waals surface area contributed by atoms with Crippen molar-refractivity contribution in [3.63, 3.8) is 0 Å². The Morgan fingerprint density at radius 3 is 2.32 bits per heavy atom. The largest absolute Gasteiger partial charge is 0.448 e. The number of aliphatic imine (C=N–C) groups is 1. The Balaban J connectivity index is 1.71. The predicted octanol–water partition coefficient (Wildman–Crippen LogP) is 1.01. The van der Waals surface area contributed by atoms with Gasteiger partial charge in [0.2, 0.25) is 5.96 Å². The van der Waals surface area contributed by atoms with Gasteiger partial charge in [-0.1, -0.05) is 20.8 Å². The number of nitrogens with zero attached hydrogens (tertiary/aromatic N) is 5. The molecule has 11 nitrogen and oxygen atoms in total. The Kier molecular flexibility index (Phi) is 9.50. The first kappa shape index (κ1) is 26.2. The van der Waals surface area contributed by atoms with Gasteiger partial charge >= 0.3 is 6.09 Å². The van der Waals surface area contributed by atoms with Crippen molar-refractivity contribution >= 4 is 18.0 Å². The van der Waals surface area contributed by atoms with Crippen LogP contribution in [0.4, 0.5) is 4.79 Å². The average Bonchev–Trinajstić information content (AvgIpc) is 3.64. The van der Waals surface area contributed by atoms with Crippen LogP contribution in [-0.2, 0) is 19.0 Å². The molecule has 0 radical (unpaired) electrons. The first-order valence-electron chi connectivity index (χ1n) is 12.1. The minimum atomic E-state index is -0.785. The number of alkyl carbamates (subject to hydrolysis) is 1. The van der Waals surface area contributed by atoms with Crippen LogP contribution in [0.25, 0.3) is 0 Å². The number of carbonyl (C=O) groups is 2. The highest BCUT2D eigenvalue weighted by atomic mass is 16.5. The van der Waals surface area contributed by atoms with Crippen molar-refractivity contribution in [3.05, 3.63) is 0 Å². The maximum absolute atomic E-state index is 13.3. The van der Waals surface area contributed by atoms with Gasteiger partial charge in [0, 0.05) is 38.8 Å². The van der Waals surface area contributed by atoms with Crippen LogP contribution >= 0.6 is 0 Å². The topological polar surface area (TPSA) is 120 Å². The summed E-state index contributed by atoms with van der Waals surface area (Å²) in [5, 5.41) is 12.3. The van der Waals surface area contributed by atoms with Gasteiger partial charge in [-0.25, -0.2) is 14.7 Å². The molecule has 1 N–H and O–H groups in total. The molecule has 0 aromatic heterocycles. The zero-order chi connectivity index (χ0) is 24.6. The second-order valence-electron chi connectivity index (χ2n) is 10.1. The monoisotopic (exact) mass is 478 g/mol. The SMILES string of the molecule is CC(C)(C)CC(N=C(NC(=O)OCCN1CCOCC1)N1CCOCC1)C(=O)N(C#N)C1CC1. The summed E-state index contributed by atoms with van der Waals surface area (Å²) in [5.41, 5.74) is -0.205. The molecule has 34 heavy (non-hydrogen) atoms. The summed E-state index contributed by atoms with van der Waals surface area (Å²) in [6.07, 6.45) is 3.53. The molecule has 0 aromatic carbocycles. The van der Waals surface area contributed by atoms with Crippen LogP contribution in [0.15, 0.2) is 4.99 Å². The molecule has 1 unspecified atom stereocenters. The van der Waals surface area contributed by atoms with Crippen LogP contribution in [0.3, 0.4) is 0 Å². The van der Waals surface area contributed by atoms with Gasteiger partial charge in [0.25, 0.3) is 5.91 Å². The summed E-state index contributed by atoms with van der Waals surface area (Å²) < 4.78 is 16.2. The molecule has 11 heteroatoms. The summed E-state index contributed by atoms with van der Waals surface area (Å²) in [6.45, 7) is 12.0. The quantitative estimate of drug-likeness (QED) is 0.249. The third-order valence-electron chi connectivity index (χ3n) is 5.89. The van der Waals surface area contributed by atoms with Crippen LogP contribution in [0.2, 0.25) is 0 Å². The van der Waals surface area contributed by atoms with E-state index in [2.05, 4.69) is 10.2 Å². The molecule has 2 aliphatic heterocycles. The number of ether oxygens (including phenoxy) is 3. The molecule has 3 aliphatic rings. The highest BCUT2D eigenvalue weighted by Gasteiger charge is 2.38. The molecule has 3 rings (SSSR count). The molecule has 2 saturated heterocycles. The van der Waals surface area contributed by atoms with E-state index in [1.807, 2.05) is 31.9 Å². The van der Waals surface area contributed by atoms with Crippen molar-refractivity contribution in [3.8, 4) is 6.19 Å². The Morgan fingerprint density at radius 1 is 1.15 bits per heavy atom. The van der Waals surface area contributed by atoms with Crippen LogP contribution in [0.1, 0.15) is 40.0 Å². The molecule has 0 aromatic rings. The van der Waals surface area contributed by atoms with Crippen molar-refractivity contribution in [1.29, 1.82) is 5.26 Å². The fourth-order valence-electron chi connectivity index (χ4n) is 3.91. The van der Waals surface area contributed by atoms with Crippen molar-refractivity contribution in [1.82, 2.24) is 20.0 Å². The van der Waals surface area contributed by atoms with E-state index in [9.17, 15) is 14.9 Å². The van der Waals surface area contributed by atoms with E-state index >= 15 is 0 Å². The molecule has 1 atom stereocenters. The van der Waals surface area contributed by atoms with Crippen LogP contribution in [0.5, 0.6) is 0 Å². The molecule has 3 fully saturated rings. The highest BCUT2D eigenvalue weighted by Crippen LogP contribution is 2.30. The Labute approximate surface area is 202 Å². The number of morpholine rings is 2. The lowest BCUT2D eigenvalue weighted by Crippen LogP contribution is -2.51. The molecular weight excluding hydrogens is 440 g/mol. The molecular formula is C23H38N6O5. The molecule has 2 amide bonds. The summed E-state index contributed by atoms with van der Waals surface area (Å²) in [6, 6.07) is -0.827. The van der Waals surface area contributed by atoms with Crippen molar-refractivity contribution < 1.29 is 23.8 Å². The van der Waals surface area contributed by atoms with Crippen LogP contribution in [0, 0.1) is 16.9 Å². The molecule has 0 spiro atoms. The van der Waals surface area contributed by atoms with Crippen LogP contribution in [-0.4, -0.2) is 111 Å². The van der Waals surface area contributed by atoms with E-state index < -0.39 is 12.1 Å². The summed E-state index contributed by atoms with van der Waals surface area (Å²) >= 11 is 0. The van der Waals surface area contributed by atoms with Crippen LogP contribution < -0.4 is 5.32 Å². The number of hydrogen-bond acceptors (Lipinski definition) is 8.